The van der Waals surface area contributed by atoms with Crippen molar-refractivity contribution >= 4 is 7.82 Å². The Balaban J connectivity index is 0. The summed E-state index contributed by atoms with van der Waals surface area (Å²) in [5, 5.41) is 4.18. The molecule has 0 aromatic carbocycles. The number of phosphoric acid groups is 1. The third kappa shape index (κ3) is 29.0. The Morgan fingerprint density at radius 2 is 0.903 bits per heavy atom. The standard InChI is InChI=1S/C22H47O7P.Na/c1-3-5-7-9-10-11-12-13-14-15-16-17-18-20-22-26-28-30(23,24)29-27-25-21-19-8-6-4-2;/h3-22H2,1-2H3,(H,23,24);/q;+1/p-1. The molecule has 0 aliphatic heterocycles. The molecule has 0 rings (SSSR count). The normalized spacial score (nSPS) is 13.1. The summed E-state index contributed by atoms with van der Waals surface area (Å²) < 4.78 is 19.7. The molecule has 0 N–H and O–H groups in total. The van der Waals surface area contributed by atoms with Gasteiger partial charge in [-0.2, -0.15) is 4.67 Å². The summed E-state index contributed by atoms with van der Waals surface area (Å²) in [6.45, 7) is 4.82. The molecule has 7 nitrogen and oxygen atoms in total. The first-order valence-corrected chi connectivity index (χ1v) is 13.7. The number of unbranched alkanes of at least 4 members (excludes halogenated alkanes) is 16. The molecule has 0 aromatic heterocycles. The van der Waals surface area contributed by atoms with Gasteiger partial charge in [-0.05, 0) is 12.8 Å². The van der Waals surface area contributed by atoms with Gasteiger partial charge in [-0.25, -0.2) is 9.78 Å². The maximum Gasteiger partial charge on any atom is 1.00 e. The van der Waals surface area contributed by atoms with Crippen LogP contribution in [0.2, 0.25) is 0 Å². The smallest absolute Gasteiger partial charge is 0.753 e. The second-order valence-corrected chi connectivity index (χ2v) is 9.16. The van der Waals surface area contributed by atoms with Crippen molar-refractivity contribution in [1.29, 1.82) is 0 Å². The van der Waals surface area contributed by atoms with E-state index in [0.29, 0.717) is 0 Å². The van der Waals surface area contributed by atoms with Crippen LogP contribution in [0.25, 0.3) is 0 Å². The van der Waals surface area contributed by atoms with Crippen LogP contribution in [-0.2, 0) is 28.7 Å². The van der Waals surface area contributed by atoms with E-state index in [1.54, 1.807) is 0 Å². The average Bonchev–Trinajstić information content (AvgIpc) is 2.72. The van der Waals surface area contributed by atoms with Gasteiger partial charge in [0.05, 0.1) is 13.2 Å². The van der Waals surface area contributed by atoms with Gasteiger partial charge < -0.3 is 4.89 Å². The fraction of sp³-hybridized carbons (Fsp3) is 1.00. The zero-order valence-corrected chi connectivity index (χ0v) is 23.3. The second-order valence-electron chi connectivity index (χ2n) is 7.97. The van der Waals surface area contributed by atoms with E-state index in [1.807, 2.05) is 0 Å². The van der Waals surface area contributed by atoms with Crippen LogP contribution in [0.4, 0.5) is 0 Å². The van der Waals surface area contributed by atoms with Crippen molar-refractivity contribution in [2.24, 2.45) is 0 Å². The maximum atomic E-state index is 11.4. The third-order valence-corrected chi connectivity index (χ3v) is 5.51. The molecule has 0 aromatic rings. The Kier molecular flexibility index (Phi) is 30.0. The van der Waals surface area contributed by atoms with E-state index in [2.05, 4.69) is 38.0 Å². The topological polar surface area (TPSA) is 86.3 Å². The summed E-state index contributed by atoms with van der Waals surface area (Å²) in [6.07, 6.45) is 21.6. The van der Waals surface area contributed by atoms with Gasteiger partial charge in [-0.3, -0.25) is 4.57 Å². The van der Waals surface area contributed by atoms with Crippen molar-refractivity contribution in [3.05, 3.63) is 0 Å². The van der Waals surface area contributed by atoms with Crippen molar-refractivity contribution in [3.8, 4) is 0 Å². The quantitative estimate of drug-likeness (QED) is 0.0637. The molecule has 1 unspecified atom stereocenters. The Morgan fingerprint density at radius 1 is 0.548 bits per heavy atom. The Bertz CT molecular complexity index is 389. The molecule has 9 heteroatoms. The largest absolute Gasteiger partial charge is 1.00 e. The molecule has 0 saturated heterocycles. The number of rotatable bonds is 25. The predicted octanol–water partition coefficient (Wildman–Crippen LogP) is 4.35. The summed E-state index contributed by atoms with van der Waals surface area (Å²) in [5.41, 5.74) is 0. The Hall–Kier alpha value is 0.990. The molecule has 31 heavy (non-hydrogen) atoms. The van der Waals surface area contributed by atoms with Crippen molar-refractivity contribution < 1.29 is 63.2 Å². The molecule has 0 spiro atoms. The van der Waals surface area contributed by atoms with Crippen LogP contribution in [-0.4, -0.2) is 13.2 Å². The van der Waals surface area contributed by atoms with E-state index in [9.17, 15) is 9.46 Å². The van der Waals surface area contributed by atoms with Crippen molar-refractivity contribution in [1.82, 2.24) is 0 Å². The van der Waals surface area contributed by atoms with E-state index < -0.39 is 7.82 Å². The summed E-state index contributed by atoms with van der Waals surface area (Å²) in [5.74, 6) is 0. The van der Waals surface area contributed by atoms with Gasteiger partial charge in [0.1, 0.15) is 0 Å². The Morgan fingerprint density at radius 3 is 1.35 bits per heavy atom. The Labute approximate surface area is 213 Å². The first kappa shape index (κ1) is 34.2. The zero-order valence-electron chi connectivity index (χ0n) is 20.4. The molecular formula is C22H46NaO7P. The van der Waals surface area contributed by atoms with Crippen LogP contribution in [0.5, 0.6) is 0 Å². The fourth-order valence-electron chi connectivity index (χ4n) is 3.15. The van der Waals surface area contributed by atoms with E-state index in [-0.39, 0.29) is 42.8 Å². The first-order chi connectivity index (χ1) is 14.6. The SMILES string of the molecule is CCCCCCCCCCCCCCCCOOP(=O)([O-])OOOCCCCCC.[Na+]. The average molecular weight is 477 g/mol. The molecule has 0 heterocycles. The molecule has 0 aliphatic carbocycles. The number of hydrogen-bond acceptors (Lipinski definition) is 7. The molecule has 0 aliphatic rings. The van der Waals surface area contributed by atoms with E-state index in [1.165, 1.54) is 70.6 Å². The molecule has 0 amide bonds. The third-order valence-electron chi connectivity index (χ3n) is 4.98. The second kappa shape index (κ2) is 27.2. The van der Waals surface area contributed by atoms with Crippen LogP contribution >= 0.6 is 7.82 Å². The van der Waals surface area contributed by atoms with Gasteiger partial charge >= 0.3 is 37.4 Å². The minimum Gasteiger partial charge on any atom is -0.753 e. The van der Waals surface area contributed by atoms with E-state index in [4.69, 9.17) is 0 Å². The van der Waals surface area contributed by atoms with E-state index in [0.717, 1.165) is 44.9 Å². The van der Waals surface area contributed by atoms with Gasteiger partial charge in [-0.15, -0.1) is 4.67 Å². The monoisotopic (exact) mass is 476 g/mol. The predicted molar refractivity (Wildman–Crippen MR) is 117 cm³/mol. The first-order valence-electron chi connectivity index (χ1n) is 12.2. The van der Waals surface area contributed by atoms with Crippen LogP contribution in [0.1, 0.15) is 129 Å². The van der Waals surface area contributed by atoms with Crippen LogP contribution in [0.3, 0.4) is 0 Å². The van der Waals surface area contributed by atoms with Gasteiger partial charge in [0.15, 0.2) is 0 Å². The molecule has 0 bridgehead atoms. The minimum atomic E-state index is -4.66. The zero-order chi connectivity index (χ0) is 22.2. The molecule has 0 fully saturated rings. The van der Waals surface area contributed by atoms with Crippen molar-refractivity contribution in [3.63, 3.8) is 0 Å². The summed E-state index contributed by atoms with van der Waals surface area (Å²) in [7, 11) is -4.66. The van der Waals surface area contributed by atoms with E-state index >= 15 is 0 Å². The van der Waals surface area contributed by atoms with Gasteiger partial charge in [0.25, 0.3) is 0 Å². The summed E-state index contributed by atoms with van der Waals surface area (Å²) >= 11 is 0. The molecular weight excluding hydrogens is 430 g/mol. The molecule has 0 saturated carbocycles. The van der Waals surface area contributed by atoms with Gasteiger partial charge in [-0.1, -0.05) is 122 Å². The van der Waals surface area contributed by atoms with Crippen LogP contribution < -0.4 is 34.5 Å². The molecule has 182 valence electrons. The fourth-order valence-corrected chi connectivity index (χ4v) is 3.50. The van der Waals surface area contributed by atoms with Crippen molar-refractivity contribution in [2.45, 2.75) is 129 Å². The minimum absolute atomic E-state index is 0. The van der Waals surface area contributed by atoms with Gasteiger partial charge in [0.2, 0.25) is 0 Å². The molecule has 0 radical (unpaired) electrons. The van der Waals surface area contributed by atoms with Crippen LogP contribution in [0, 0.1) is 0 Å². The van der Waals surface area contributed by atoms with Gasteiger partial charge in [0, 0.05) is 0 Å². The summed E-state index contributed by atoms with van der Waals surface area (Å²) in [6, 6.07) is 0. The summed E-state index contributed by atoms with van der Waals surface area (Å²) in [4.78, 5) is 20.7. The van der Waals surface area contributed by atoms with Crippen molar-refractivity contribution in [2.75, 3.05) is 13.2 Å². The molecule has 1 atom stereocenters. The number of hydrogen-bond donors (Lipinski definition) is 0. The van der Waals surface area contributed by atoms with Crippen LogP contribution in [0.15, 0.2) is 0 Å². The maximum absolute atomic E-state index is 11.4.